The molecule has 0 radical (unpaired) electrons. The Labute approximate surface area is 103 Å². The van der Waals surface area contributed by atoms with Gasteiger partial charge in [-0.2, -0.15) is 0 Å². The average molecular weight is 256 g/mol. The highest BCUT2D eigenvalue weighted by Crippen LogP contribution is 2.24. The van der Waals surface area contributed by atoms with Gasteiger partial charge in [0.1, 0.15) is 0 Å². The maximum atomic E-state index is 11.3. The zero-order valence-electron chi connectivity index (χ0n) is 10.7. The van der Waals surface area contributed by atoms with E-state index in [0.29, 0.717) is 4.90 Å². The summed E-state index contributed by atoms with van der Waals surface area (Å²) in [7, 11) is -3.14. The molecule has 1 N–H and O–H groups in total. The van der Waals surface area contributed by atoms with Gasteiger partial charge in [0.15, 0.2) is 9.84 Å². The minimum atomic E-state index is -3.14. The topological polar surface area (TPSA) is 54.4 Å². The summed E-state index contributed by atoms with van der Waals surface area (Å²) in [4.78, 5) is 0.312. The summed E-state index contributed by atoms with van der Waals surface area (Å²) in [6.07, 6.45) is 0.771. The molecule has 17 heavy (non-hydrogen) atoms. The summed E-state index contributed by atoms with van der Waals surface area (Å²) in [5, 5.41) is 9.96. The smallest absolute Gasteiger partial charge is 0.175 e. The Balaban J connectivity index is 2.96. The highest BCUT2D eigenvalue weighted by atomic mass is 32.2. The van der Waals surface area contributed by atoms with Crippen molar-refractivity contribution in [2.75, 3.05) is 6.26 Å². The molecule has 1 rings (SSSR count). The van der Waals surface area contributed by atoms with Crippen molar-refractivity contribution in [1.82, 2.24) is 0 Å². The standard InChI is InChI=1S/C13H20O3S/c1-9(2)13(14)10(3)11-5-7-12(8-6-11)17(4,15)16/h5-10,13-14H,1-4H3. The molecule has 0 amide bonds. The van der Waals surface area contributed by atoms with Crippen LogP contribution in [0.1, 0.15) is 32.3 Å². The molecule has 0 fully saturated rings. The molecule has 1 aromatic rings. The highest BCUT2D eigenvalue weighted by molar-refractivity contribution is 7.90. The molecule has 0 aromatic heterocycles. The van der Waals surface area contributed by atoms with Crippen LogP contribution in [0.15, 0.2) is 29.2 Å². The Morgan fingerprint density at radius 3 is 1.88 bits per heavy atom. The molecule has 0 heterocycles. The van der Waals surface area contributed by atoms with E-state index >= 15 is 0 Å². The molecule has 3 nitrogen and oxygen atoms in total. The number of hydrogen-bond donors (Lipinski definition) is 1. The third-order valence-corrected chi connectivity index (χ3v) is 4.16. The lowest BCUT2D eigenvalue weighted by Crippen LogP contribution is -2.22. The fraction of sp³-hybridized carbons (Fsp3) is 0.538. The van der Waals surface area contributed by atoms with Crippen LogP contribution in [0.4, 0.5) is 0 Å². The van der Waals surface area contributed by atoms with Gasteiger partial charge in [-0.3, -0.25) is 0 Å². The highest BCUT2D eigenvalue weighted by Gasteiger charge is 2.19. The molecule has 2 atom stereocenters. The predicted molar refractivity (Wildman–Crippen MR) is 68.8 cm³/mol. The Hall–Kier alpha value is -0.870. The Morgan fingerprint density at radius 2 is 1.53 bits per heavy atom. The van der Waals surface area contributed by atoms with E-state index in [1.54, 1.807) is 24.3 Å². The second-order valence-electron chi connectivity index (χ2n) is 4.86. The molecular weight excluding hydrogens is 236 g/mol. The van der Waals surface area contributed by atoms with Gasteiger partial charge in [0.25, 0.3) is 0 Å². The van der Waals surface area contributed by atoms with Crippen LogP contribution in [-0.2, 0) is 9.84 Å². The fourth-order valence-corrected chi connectivity index (χ4v) is 2.42. The van der Waals surface area contributed by atoms with Crippen LogP contribution >= 0.6 is 0 Å². The van der Waals surface area contributed by atoms with Crippen molar-refractivity contribution in [3.05, 3.63) is 29.8 Å². The molecule has 0 bridgehead atoms. The van der Waals surface area contributed by atoms with Crippen molar-refractivity contribution in [3.63, 3.8) is 0 Å². The van der Waals surface area contributed by atoms with Crippen LogP contribution in [0.5, 0.6) is 0 Å². The Morgan fingerprint density at radius 1 is 1.06 bits per heavy atom. The molecule has 96 valence electrons. The first-order valence-electron chi connectivity index (χ1n) is 5.71. The molecule has 0 aliphatic rings. The number of aliphatic hydroxyl groups excluding tert-OH is 1. The number of benzene rings is 1. The molecular formula is C13H20O3S. The first-order chi connectivity index (χ1) is 7.73. The van der Waals surface area contributed by atoms with E-state index in [9.17, 15) is 13.5 Å². The zero-order chi connectivity index (χ0) is 13.2. The number of sulfone groups is 1. The van der Waals surface area contributed by atoms with Crippen LogP contribution in [0.2, 0.25) is 0 Å². The van der Waals surface area contributed by atoms with Gasteiger partial charge in [-0.05, 0) is 23.6 Å². The lowest BCUT2D eigenvalue weighted by molar-refractivity contribution is 0.102. The normalized spacial score (nSPS) is 15.9. The van der Waals surface area contributed by atoms with Gasteiger partial charge in [-0.15, -0.1) is 0 Å². The Bertz CT molecular complexity index is 460. The lowest BCUT2D eigenvalue weighted by Gasteiger charge is -2.22. The first-order valence-corrected chi connectivity index (χ1v) is 7.60. The van der Waals surface area contributed by atoms with Crippen LogP contribution < -0.4 is 0 Å². The zero-order valence-corrected chi connectivity index (χ0v) is 11.5. The summed E-state index contributed by atoms with van der Waals surface area (Å²) in [5.41, 5.74) is 0.957. The van der Waals surface area contributed by atoms with Crippen molar-refractivity contribution < 1.29 is 13.5 Å². The Kier molecular flexibility index (Phi) is 4.33. The largest absolute Gasteiger partial charge is 0.392 e. The number of rotatable bonds is 4. The van der Waals surface area contributed by atoms with Crippen LogP contribution in [0.3, 0.4) is 0 Å². The van der Waals surface area contributed by atoms with E-state index < -0.39 is 15.9 Å². The third kappa shape index (κ3) is 3.54. The quantitative estimate of drug-likeness (QED) is 0.898. The summed E-state index contributed by atoms with van der Waals surface area (Å²) < 4.78 is 22.6. The molecule has 4 heteroatoms. The van der Waals surface area contributed by atoms with Crippen LogP contribution in [0.25, 0.3) is 0 Å². The average Bonchev–Trinajstić information content (AvgIpc) is 2.26. The van der Waals surface area contributed by atoms with E-state index in [0.717, 1.165) is 5.56 Å². The predicted octanol–water partition coefficient (Wildman–Crippen LogP) is 2.21. The van der Waals surface area contributed by atoms with E-state index in [4.69, 9.17) is 0 Å². The molecule has 0 aliphatic carbocycles. The maximum absolute atomic E-state index is 11.3. The van der Waals surface area contributed by atoms with Gasteiger partial charge in [0.05, 0.1) is 11.0 Å². The number of aliphatic hydroxyl groups is 1. The van der Waals surface area contributed by atoms with Crippen molar-refractivity contribution in [2.45, 2.75) is 37.7 Å². The number of hydrogen-bond acceptors (Lipinski definition) is 3. The van der Waals surface area contributed by atoms with Crippen molar-refractivity contribution in [1.29, 1.82) is 0 Å². The van der Waals surface area contributed by atoms with Crippen molar-refractivity contribution >= 4 is 9.84 Å². The molecule has 0 saturated heterocycles. The van der Waals surface area contributed by atoms with Gasteiger partial charge in [0.2, 0.25) is 0 Å². The molecule has 0 aliphatic heterocycles. The van der Waals surface area contributed by atoms with E-state index in [-0.39, 0.29) is 11.8 Å². The van der Waals surface area contributed by atoms with Gasteiger partial charge >= 0.3 is 0 Å². The first kappa shape index (κ1) is 14.2. The molecule has 1 aromatic carbocycles. The van der Waals surface area contributed by atoms with Crippen molar-refractivity contribution in [2.24, 2.45) is 5.92 Å². The second kappa shape index (κ2) is 5.19. The van der Waals surface area contributed by atoms with Crippen LogP contribution in [0, 0.1) is 5.92 Å². The van der Waals surface area contributed by atoms with E-state index in [1.807, 2.05) is 20.8 Å². The summed E-state index contributed by atoms with van der Waals surface area (Å²) in [6, 6.07) is 6.72. The van der Waals surface area contributed by atoms with E-state index in [1.165, 1.54) is 6.26 Å². The summed E-state index contributed by atoms with van der Waals surface area (Å²) in [6.45, 7) is 5.87. The minimum Gasteiger partial charge on any atom is -0.392 e. The van der Waals surface area contributed by atoms with Crippen molar-refractivity contribution in [3.8, 4) is 0 Å². The lowest BCUT2D eigenvalue weighted by atomic mass is 9.89. The summed E-state index contributed by atoms with van der Waals surface area (Å²) >= 11 is 0. The SMILES string of the molecule is CC(C)C(O)C(C)c1ccc(S(C)(=O)=O)cc1. The minimum absolute atomic E-state index is 0.00334. The van der Waals surface area contributed by atoms with Gasteiger partial charge < -0.3 is 5.11 Å². The van der Waals surface area contributed by atoms with Gasteiger partial charge in [-0.25, -0.2) is 8.42 Å². The summed E-state index contributed by atoms with van der Waals surface area (Å²) in [5.74, 6) is 0.184. The molecule has 2 unspecified atom stereocenters. The second-order valence-corrected chi connectivity index (χ2v) is 6.88. The maximum Gasteiger partial charge on any atom is 0.175 e. The monoisotopic (exact) mass is 256 g/mol. The third-order valence-electron chi connectivity index (χ3n) is 3.03. The molecule has 0 spiro atoms. The van der Waals surface area contributed by atoms with Crippen LogP contribution in [-0.4, -0.2) is 25.9 Å². The van der Waals surface area contributed by atoms with E-state index in [2.05, 4.69) is 0 Å². The fourth-order valence-electron chi connectivity index (χ4n) is 1.79. The molecule has 0 saturated carbocycles. The van der Waals surface area contributed by atoms with Gasteiger partial charge in [-0.1, -0.05) is 32.9 Å². The van der Waals surface area contributed by atoms with Gasteiger partial charge in [0, 0.05) is 12.2 Å².